The standard InChI is InChI=1S/C10H7ClN4O2/c11-6-3-4-12-5-8(6)13-10(17)7-1-2-9(16)15-14-7/h1-5H,(H,13,17)(H,15,16). The number of amides is 1. The Morgan fingerprint density at radius 3 is 2.82 bits per heavy atom. The summed E-state index contributed by atoms with van der Waals surface area (Å²) in [5.74, 6) is -0.476. The van der Waals surface area contributed by atoms with Crippen LogP contribution in [0.15, 0.2) is 35.4 Å². The molecule has 86 valence electrons. The van der Waals surface area contributed by atoms with Gasteiger partial charge in [-0.2, -0.15) is 5.10 Å². The highest BCUT2D eigenvalue weighted by molar-refractivity contribution is 6.33. The van der Waals surface area contributed by atoms with Gasteiger partial charge in [0.15, 0.2) is 0 Å². The van der Waals surface area contributed by atoms with Crippen LogP contribution in [0.3, 0.4) is 0 Å². The Labute approximate surface area is 101 Å². The van der Waals surface area contributed by atoms with Crippen molar-refractivity contribution < 1.29 is 4.79 Å². The Balaban J connectivity index is 2.20. The van der Waals surface area contributed by atoms with Crippen LogP contribution < -0.4 is 10.9 Å². The molecule has 0 unspecified atom stereocenters. The average Bonchev–Trinajstić information content (AvgIpc) is 2.33. The van der Waals surface area contributed by atoms with Crippen molar-refractivity contribution in [1.82, 2.24) is 15.2 Å². The number of aromatic amines is 1. The molecule has 0 aliphatic heterocycles. The number of nitrogens with zero attached hydrogens (tertiary/aromatic N) is 2. The zero-order valence-electron chi connectivity index (χ0n) is 8.48. The van der Waals surface area contributed by atoms with E-state index in [1.165, 1.54) is 24.5 Å². The van der Waals surface area contributed by atoms with Crippen molar-refractivity contribution in [2.24, 2.45) is 0 Å². The first kappa shape index (κ1) is 11.3. The first-order valence-electron chi connectivity index (χ1n) is 4.63. The Hall–Kier alpha value is -2.21. The summed E-state index contributed by atoms with van der Waals surface area (Å²) >= 11 is 5.85. The summed E-state index contributed by atoms with van der Waals surface area (Å²) in [6.07, 6.45) is 2.93. The van der Waals surface area contributed by atoms with Crippen molar-refractivity contribution in [3.63, 3.8) is 0 Å². The second kappa shape index (κ2) is 4.75. The van der Waals surface area contributed by atoms with Crippen LogP contribution in [0.4, 0.5) is 5.69 Å². The molecule has 0 aliphatic rings. The van der Waals surface area contributed by atoms with Gasteiger partial charge in [0.05, 0.1) is 16.9 Å². The highest BCUT2D eigenvalue weighted by Crippen LogP contribution is 2.19. The SMILES string of the molecule is O=C(Nc1cnccc1Cl)c1ccc(=O)[nH]n1. The summed E-state index contributed by atoms with van der Waals surface area (Å²) < 4.78 is 0. The van der Waals surface area contributed by atoms with Crippen molar-refractivity contribution in [1.29, 1.82) is 0 Å². The molecular weight excluding hydrogens is 244 g/mol. The number of pyridine rings is 1. The van der Waals surface area contributed by atoms with Gasteiger partial charge in [0.2, 0.25) is 0 Å². The molecule has 2 aromatic rings. The second-order valence-electron chi connectivity index (χ2n) is 3.12. The molecule has 0 aliphatic carbocycles. The van der Waals surface area contributed by atoms with Gasteiger partial charge in [-0.05, 0) is 12.1 Å². The lowest BCUT2D eigenvalue weighted by molar-refractivity contribution is 0.102. The van der Waals surface area contributed by atoms with Gasteiger partial charge in [0, 0.05) is 12.3 Å². The van der Waals surface area contributed by atoms with Gasteiger partial charge in [-0.15, -0.1) is 0 Å². The van der Waals surface area contributed by atoms with Gasteiger partial charge in [0.1, 0.15) is 5.69 Å². The summed E-state index contributed by atoms with van der Waals surface area (Å²) in [6.45, 7) is 0. The van der Waals surface area contributed by atoms with E-state index in [0.29, 0.717) is 10.7 Å². The van der Waals surface area contributed by atoms with Gasteiger partial charge >= 0.3 is 0 Å². The molecule has 0 saturated carbocycles. The number of aromatic nitrogens is 3. The van der Waals surface area contributed by atoms with Crippen LogP contribution in [0.25, 0.3) is 0 Å². The predicted molar refractivity (Wildman–Crippen MR) is 62.1 cm³/mol. The number of hydrogen-bond acceptors (Lipinski definition) is 4. The monoisotopic (exact) mass is 250 g/mol. The summed E-state index contributed by atoms with van der Waals surface area (Å²) in [4.78, 5) is 26.3. The number of anilines is 1. The largest absolute Gasteiger partial charge is 0.318 e. The fourth-order valence-electron chi connectivity index (χ4n) is 1.13. The Morgan fingerprint density at radius 1 is 1.35 bits per heavy atom. The van der Waals surface area contributed by atoms with E-state index in [9.17, 15) is 9.59 Å². The highest BCUT2D eigenvalue weighted by Gasteiger charge is 2.09. The molecule has 7 heteroatoms. The first-order valence-corrected chi connectivity index (χ1v) is 5.01. The fourth-order valence-corrected chi connectivity index (χ4v) is 1.28. The Kier molecular flexibility index (Phi) is 3.15. The van der Waals surface area contributed by atoms with E-state index in [2.05, 4.69) is 20.5 Å². The lowest BCUT2D eigenvalue weighted by Crippen LogP contribution is -2.17. The van der Waals surface area contributed by atoms with Gasteiger partial charge in [-0.1, -0.05) is 11.6 Å². The Bertz CT molecular complexity index is 591. The minimum absolute atomic E-state index is 0.0875. The van der Waals surface area contributed by atoms with Crippen LogP contribution in [0, 0.1) is 0 Å². The number of rotatable bonds is 2. The van der Waals surface area contributed by atoms with E-state index < -0.39 is 5.91 Å². The van der Waals surface area contributed by atoms with Crippen LogP contribution >= 0.6 is 11.6 Å². The van der Waals surface area contributed by atoms with Gasteiger partial charge in [-0.3, -0.25) is 14.6 Å². The maximum atomic E-state index is 11.7. The van der Waals surface area contributed by atoms with E-state index in [1.54, 1.807) is 6.07 Å². The molecule has 0 fully saturated rings. The maximum absolute atomic E-state index is 11.7. The van der Waals surface area contributed by atoms with Gasteiger partial charge < -0.3 is 5.32 Å². The lowest BCUT2D eigenvalue weighted by atomic mass is 10.3. The number of nitrogens with one attached hydrogen (secondary N) is 2. The lowest BCUT2D eigenvalue weighted by Gasteiger charge is -2.04. The van der Waals surface area contributed by atoms with Gasteiger partial charge in [-0.25, -0.2) is 5.10 Å². The van der Waals surface area contributed by atoms with Crippen molar-refractivity contribution in [2.75, 3.05) is 5.32 Å². The quantitative estimate of drug-likeness (QED) is 0.835. The highest BCUT2D eigenvalue weighted by atomic mass is 35.5. The number of H-pyrrole nitrogens is 1. The average molecular weight is 251 g/mol. The molecule has 2 heterocycles. The topological polar surface area (TPSA) is 87.7 Å². The number of hydrogen-bond donors (Lipinski definition) is 2. The van der Waals surface area contributed by atoms with E-state index in [4.69, 9.17) is 11.6 Å². The molecule has 0 radical (unpaired) electrons. The molecule has 0 bridgehead atoms. The summed E-state index contributed by atoms with van der Waals surface area (Å²) in [5.41, 5.74) is 0.0950. The third-order valence-corrected chi connectivity index (χ3v) is 2.26. The third kappa shape index (κ3) is 2.67. The molecule has 0 aromatic carbocycles. The van der Waals surface area contributed by atoms with Crippen LogP contribution in [0.5, 0.6) is 0 Å². The predicted octanol–water partition coefficient (Wildman–Crippen LogP) is 1.07. The van der Waals surface area contributed by atoms with Crippen molar-refractivity contribution in [3.05, 3.63) is 51.7 Å². The molecule has 2 N–H and O–H groups in total. The van der Waals surface area contributed by atoms with E-state index in [0.717, 1.165) is 0 Å². The minimum Gasteiger partial charge on any atom is -0.318 e. The first-order chi connectivity index (χ1) is 8.16. The van der Waals surface area contributed by atoms with E-state index in [1.807, 2.05) is 0 Å². The van der Waals surface area contributed by atoms with Crippen LogP contribution in [0.2, 0.25) is 5.02 Å². The summed E-state index contributed by atoms with van der Waals surface area (Å²) in [5, 5.41) is 8.66. The number of carbonyl (C=O) groups excluding carboxylic acids is 1. The van der Waals surface area contributed by atoms with E-state index in [-0.39, 0.29) is 11.3 Å². The fraction of sp³-hybridized carbons (Fsp3) is 0. The van der Waals surface area contributed by atoms with Gasteiger partial charge in [0.25, 0.3) is 11.5 Å². The summed E-state index contributed by atoms with van der Waals surface area (Å²) in [6, 6.07) is 4.09. The second-order valence-corrected chi connectivity index (χ2v) is 3.52. The zero-order valence-corrected chi connectivity index (χ0v) is 9.23. The maximum Gasteiger partial charge on any atom is 0.276 e. The molecular formula is C10H7ClN4O2. The normalized spacial score (nSPS) is 9.94. The molecule has 1 amide bonds. The van der Waals surface area contributed by atoms with E-state index >= 15 is 0 Å². The smallest absolute Gasteiger partial charge is 0.276 e. The van der Waals surface area contributed by atoms with Crippen LogP contribution in [0.1, 0.15) is 10.5 Å². The number of halogens is 1. The summed E-state index contributed by atoms with van der Waals surface area (Å²) in [7, 11) is 0. The molecule has 17 heavy (non-hydrogen) atoms. The van der Waals surface area contributed by atoms with Crippen molar-refractivity contribution in [3.8, 4) is 0 Å². The number of carbonyl (C=O) groups is 1. The van der Waals surface area contributed by atoms with Crippen molar-refractivity contribution in [2.45, 2.75) is 0 Å². The molecule has 0 saturated heterocycles. The zero-order chi connectivity index (χ0) is 12.3. The minimum atomic E-state index is -0.476. The molecule has 2 aromatic heterocycles. The third-order valence-electron chi connectivity index (χ3n) is 1.93. The molecule has 6 nitrogen and oxygen atoms in total. The van der Waals surface area contributed by atoms with Crippen LogP contribution in [-0.4, -0.2) is 21.1 Å². The van der Waals surface area contributed by atoms with Crippen LogP contribution in [-0.2, 0) is 0 Å². The molecule has 0 atom stereocenters. The molecule has 0 spiro atoms. The molecule has 2 rings (SSSR count). The van der Waals surface area contributed by atoms with Crippen molar-refractivity contribution >= 4 is 23.2 Å². The Morgan fingerprint density at radius 2 is 2.18 bits per heavy atom.